The predicted octanol–water partition coefficient (Wildman–Crippen LogP) is 3.41. The minimum atomic E-state index is -3.53. The zero-order valence-corrected chi connectivity index (χ0v) is 14.2. The number of ether oxygens (including phenoxy) is 1. The highest BCUT2D eigenvalue weighted by atomic mass is 32.2. The predicted molar refractivity (Wildman–Crippen MR) is 91.3 cm³/mol. The van der Waals surface area contributed by atoms with Crippen LogP contribution in [0.4, 0.5) is 0 Å². The molecular weight excluding hydrogens is 324 g/mol. The molecule has 0 saturated heterocycles. The molecule has 0 unspecified atom stereocenters. The summed E-state index contributed by atoms with van der Waals surface area (Å²) in [5.74, 6) is -0.390. The highest BCUT2D eigenvalue weighted by Crippen LogP contribution is 2.33. The first-order chi connectivity index (χ1) is 11.5. The van der Waals surface area contributed by atoms with Crippen molar-refractivity contribution in [3.63, 3.8) is 0 Å². The van der Waals surface area contributed by atoms with Gasteiger partial charge < -0.3 is 4.74 Å². The fourth-order valence-corrected chi connectivity index (χ4v) is 4.28. The van der Waals surface area contributed by atoms with E-state index >= 15 is 0 Å². The lowest BCUT2D eigenvalue weighted by Crippen LogP contribution is -2.08. The lowest BCUT2D eigenvalue weighted by Gasteiger charge is -2.20. The van der Waals surface area contributed by atoms with Gasteiger partial charge >= 0.3 is 5.97 Å². The molecule has 2 aromatic rings. The number of fused-ring (bicyclic) bond motifs is 1. The molecule has 3 rings (SSSR count). The lowest BCUT2D eigenvalue weighted by atomic mass is 9.87. The van der Waals surface area contributed by atoms with Gasteiger partial charge in [0.25, 0.3) is 0 Å². The number of hydrogen-bond acceptors (Lipinski definition) is 4. The van der Waals surface area contributed by atoms with Crippen LogP contribution in [0, 0.1) is 0 Å². The molecule has 4 nitrogen and oxygen atoms in total. The van der Waals surface area contributed by atoms with Crippen LogP contribution in [-0.4, -0.2) is 21.5 Å². The molecule has 0 heterocycles. The third-order valence-corrected chi connectivity index (χ3v) is 5.94. The Bertz CT molecular complexity index is 896. The van der Waals surface area contributed by atoms with Gasteiger partial charge in [-0.1, -0.05) is 24.3 Å². The van der Waals surface area contributed by atoms with Crippen LogP contribution in [0.1, 0.15) is 24.0 Å². The minimum Gasteiger partial charge on any atom is -0.466 e. The average molecular weight is 342 g/mol. The number of sulfone groups is 1. The number of rotatable bonds is 3. The number of hydrogen-bond donors (Lipinski definition) is 0. The Balaban J connectivity index is 2.04. The van der Waals surface area contributed by atoms with Gasteiger partial charge in [-0.15, -0.1) is 0 Å². The van der Waals surface area contributed by atoms with Crippen molar-refractivity contribution in [2.24, 2.45) is 0 Å². The topological polar surface area (TPSA) is 60.4 Å². The third-order valence-electron chi connectivity index (χ3n) is 4.17. The van der Waals surface area contributed by atoms with E-state index in [9.17, 15) is 13.2 Å². The van der Waals surface area contributed by atoms with Crippen molar-refractivity contribution in [2.75, 3.05) is 7.11 Å². The summed E-state index contributed by atoms with van der Waals surface area (Å²) in [4.78, 5) is 12.1. The number of carbonyl (C=O) groups excluding carboxylic acids is 1. The summed E-state index contributed by atoms with van der Waals surface area (Å²) < 4.78 is 30.2. The Labute approximate surface area is 141 Å². The lowest BCUT2D eigenvalue weighted by molar-refractivity contribution is -0.134. The maximum atomic E-state index is 12.7. The molecule has 24 heavy (non-hydrogen) atoms. The van der Waals surface area contributed by atoms with Crippen LogP contribution in [0.3, 0.4) is 0 Å². The molecule has 0 spiro atoms. The second kappa shape index (κ2) is 6.61. The fourth-order valence-electron chi connectivity index (χ4n) is 2.95. The van der Waals surface area contributed by atoms with E-state index in [-0.39, 0.29) is 15.8 Å². The number of allylic oxidation sites excluding steroid dienone is 1. The molecule has 2 aromatic carbocycles. The van der Waals surface area contributed by atoms with Gasteiger partial charge in [-0.05, 0) is 60.2 Å². The van der Waals surface area contributed by atoms with E-state index in [0.717, 1.165) is 36.0 Å². The van der Waals surface area contributed by atoms with Gasteiger partial charge in [-0.25, -0.2) is 13.2 Å². The molecule has 0 bridgehead atoms. The fraction of sp³-hybridized carbons (Fsp3) is 0.211. The Kier molecular flexibility index (Phi) is 4.53. The zero-order valence-electron chi connectivity index (χ0n) is 13.4. The van der Waals surface area contributed by atoms with Crippen LogP contribution in [-0.2, 0) is 25.8 Å². The zero-order chi connectivity index (χ0) is 17.2. The van der Waals surface area contributed by atoms with Crippen LogP contribution >= 0.6 is 0 Å². The molecule has 0 fully saturated rings. The number of methoxy groups -OCH3 is 1. The Hall–Kier alpha value is -2.40. The van der Waals surface area contributed by atoms with Crippen molar-refractivity contribution in [1.29, 1.82) is 0 Å². The van der Waals surface area contributed by atoms with Gasteiger partial charge in [0.15, 0.2) is 0 Å². The number of carbonyl (C=O) groups is 1. The second-order valence-electron chi connectivity index (χ2n) is 5.68. The standard InChI is InChI=1S/C19H18O4S/c1-23-19(20)13-15-7-5-6-14-12-17(10-11-18(14)15)24(21,22)16-8-3-2-4-9-16/h2-4,8-13H,5-7H2,1H3/b15-13-. The van der Waals surface area contributed by atoms with E-state index < -0.39 is 9.84 Å². The summed E-state index contributed by atoms with van der Waals surface area (Å²) in [6, 6.07) is 13.5. The second-order valence-corrected chi connectivity index (χ2v) is 7.63. The summed E-state index contributed by atoms with van der Waals surface area (Å²) in [6.45, 7) is 0. The SMILES string of the molecule is COC(=O)/C=C1/CCCc2cc(S(=O)(=O)c3ccccc3)ccc21. The van der Waals surface area contributed by atoms with Gasteiger partial charge in [-0.3, -0.25) is 0 Å². The molecule has 1 aliphatic carbocycles. The van der Waals surface area contributed by atoms with Gasteiger partial charge in [0.2, 0.25) is 9.84 Å². The Morgan fingerprint density at radius 1 is 1.04 bits per heavy atom. The molecule has 0 atom stereocenters. The van der Waals surface area contributed by atoms with E-state index in [0.29, 0.717) is 0 Å². The van der Waals surface area contributed by atoms with Gasteiger partial charge in [0.1, 0.15) is 0 Å². The van der Waals surface area contributed by atoms with E-state index in [1.54, 1.807) is 48.5 Å². The van der Waals surface area contributed by atoms with Crippen molar-refractivity contribution >= 4 is 21.4 Å². The average Bonchev–Trinajstić information content (AvgIpc) is 2.62. The molecule has 1 aliphatic rings. The molecular formula is C19H18O4S. The highest BCUT2D eigenvalue weighted by Gasteiger charge is 2.21. The van der Waals surface area contributed by atoms with Crippen molar-refractivity contribution in [3.8, 4) is 0 Å². The van der Waals surface area contributed by atoms with E-state index in [1.807, 2.05) is 0 Å². The van der Waals surface area contributed by atoms with Crippen LogP contribution in [0.15, 0.2) is 64.4 Å². The molecule has 0 aliphatic heterocycles. The molecule has 0 N–H and O–H groups in total. The first-order valence-electron chi connectivity index (χ1n) is 7.74. The maximum absolute atomic E-state index is 12.7. The van der Waals surface area contributed by atoms with E-state index in [1.165, 1.54) is 13.2 Å². The monoisotopic (exact) mass is 342 g/mol. The van der Waals surface area contributed by atoms with Crippen molar-refractivity contribution in [2.45, 2.75) is 29.1 Å². The third kappa shape index (κ3) is 3.12. The van der Waals surface area contributed by atoms with Gasteiger partial charge in [0, 0.05) is 6.08 Å². The van der Waals surface area contributed by atoms with Crippen LogP contribution in [0.2, 0.25) is 0 Å². The van der Waals surface area contributed by atoms with Crippen molar-refractivity contribution in [1.82, 2.24) is 0 Å². The van der Waals surface area contributed by atoms with Crippen LogP contribution in [0.5, 0.6) is 0 Å². The van der Waals surface area contributed by atoms with Crippen LogP contribution < -0.4 is 0 Å². The Morgan fingerprint density at radius 3 is 2.50 bits per heavy atom. The van der Waals surface area contributed by atoms with Crippen molar-refractivity contribution < 1.29 is 17.9 Å². The first kappa shape index (κ1) is 16.5. The summed E-state index contributed by atoms with van der Waals surface area (Å²) in [6.07, 6.45) is 3.95. The highest BCUT2D eigenvalue weighted by molar-refractivity contribution is 7.91. The van der Waals surface area contributed by atoms with E-state index in [2.05, 4.69) is 0 Å². The molecule has 0 radical (unpaired) electrons. The summed E-state index contributed by atoms with van der Waals surface area (Å²) >= 11 is 0. The maximum Gasteiger partial charge on any atom is 0.330 e. The molecule has 0 aromatic heterocycles. The number of aryl methyl sites for hydroxylation is 1. The molecule has 5 heteroatoms. The first-order valence-corrected chi connectivity index (χ1v) is 9.22. The minimum absolute atomic E-state index is 0.283. The number of esters is 1. The smallest absolute Gasteiger partial charge is 0.330 e. The largest absolute Gasteiger partial charge is 0.466 e. The van der Waals surface area contributed by atoms with Crippen LogP contribution in [0.25, 0.3) is 5.57 Å². The quantitative estimate of drug-likeness (QED) is 0.633. The normalized spacial score (nSPS) is 15.8. The summed E-state index contributed by atoms with van der Waals surface area (Å²) in [5, 5.41) is 0. The molecule has 124 valence electrons. The molecule has 0 amide bonds. The van der Waals surface area contributed by atoms with E-state index in [4.69, 9.17) is 4.74 Å². The molecule has 0 saturated carbocycles. The summed E-state index contributed by atoms with van der Waals surface area (Å²) in [5.41, 5.74) is 2.78. The van der Waals surface area contributed by atoms with Gasteiger partial charge in [-0.2, -0.15) is 0 Å². The Morgan fingerprint density at radius 2 is 1.79 bits per heavy atom. The number of benzene rings is 2. The van der Waals surface area contributed by atoms with Crippen molar-refractivity contribution in [3.05, 3.63) is 65.7 Å². The van der Waals surface area contributed by atoms with Gasteiger partial charge in [0.05, 0.1) is 16.9 Å². The summed E-state index contributed by atoms with van der Waals surface area (Å²) in [7, 11) is -2.18.